The Balaban J connectivity index is 2.51. The van der Waals surface area contributed by atoms with Crippen LogP contribution in [0.15, 0.2) is 17.0 Å². The van der Waals surface area contributed by atoms with Gasteiger partial charge in [-0.25, -0.2) is 0 Å². The Hall–Kier alpha value is -1.83. The Morgan fingerprint density at radius 2 is 2.73 bits per heavy atom. The molecule has 11 heavy (non-hydrogen) atoms. The van der Waals surface area contributed by atoms with Gasteiger partial charge in [-0.3, -0.25) is 4.79 Å². The van der Waals surface area contributed by atoms with Gasteiger partial charge in [-0.1, -0.05) is 5.16 Å². The highest BCUT2D eigenvalue weighted by molar-refractivity contribution is 5.93. The van der Waals surface area contributed by atoms with Crippen LogP contribution in [0.5, 0.6) is 0 Å². The molecule has 0 radical (unpaired) electrons. The summed E-state index contributed by atoms with van der Waals surface area (Å²) < 4.78 is 4.42. The van der Waals surface area contributed by atoms with Crippen LogP contribution in [0.4, 0.5) is 0 Å². The largest absolute Gasteiger partial charge is 0.364 e. The molecule has 1 heterocycles. The Morgan fingerprint density at radius 3 is 3.27 bits per heavy atom. The van der Waals surface area contributed by atoms with Gasteiger partial charge in [0.15, 0.2) is 0 Å². The zero-order valence-electron chi connectivity index (χ0n) is 5.57. The first-order valence-corrected chi connectivity index (χ1v) is 2.89. The molecule has 0 saturated carbocycles. The normalized spacial score (nSPS) is 8.64. The fourth-order valence-electron chi connectivity index (χ4n) is 0.539. The van der Waals surface area contributed by atoms with Gasteiger partial charge in [-0.2, -0.15) is 5.26 Å². The molecule has 0 aliphatic carbocycles. The predicted molar refractivity (Wildman–Crippen MR) is 34.4 cm³/mol. The highest BCUT2D eigenvalue weighted by Gasteiger charge is 2.05. The van der Waals surface area contributed by atoms with Gasteiger partial charge in [0, 0.05) is 0 Å². The molecule has 0 fully saturated rings. The summed E-state index contributed by atoms with van der Waals surface area (Å²) in [6, 6.07) is 1.78. The molecule has 1 amide bonds. The number of hydrogen-bond donors (Lipinski definition) is 1. The summed E-state index contributed by atoms with van der Waals surface area (Å²) in [5, 5.41) is 13.8. The Morgan fingerprint density at radius 1 is 1.91 bits per heavy atom. The third-order valence-corrected chi connectivity index (χ3v) is 1.02. The Labute approximate surface area is 62.6 Å². The monoisotopic (exact) mass is 151 g/mol. The predicted octanol–water partition coefficient (Wildman–Crippen LogP) is -0.0720. The molecule has 0 spiro atoms. The van der Waals surface area contributed by atoms with Crippen molar-refractivity contribution in [2.45, 2.75) is 0 Å². The molecule has 5 nitrogen and oxygen atoms in total. The van der Waals surface area contributed by atoms with E-state index in [9.17, 15) is 4.79 Å². The number of rotatable bonds is 2. The average molecular weight is 151 g/mol. The number of hydrogen-bond acceptors (Lipinski definition) is 4. The lowest BCUT2D eigenvalue weighted by Crippen LogP contribution is -2.22. The standard InChI is InChI=1S/C6H5N3O2/c7-1-2-8-6(10)5-3-9-11-4-5/h3-4H,2H2,(H,8,10). The number of aromatic nitrogens is 1. The van der Waals surface area contributed by atoms with E-state index >= 15 is 0 Å². The summed E-state index contributed by atoms with van der Waals surface area (Å²) in [5.74, 6) is -0.354. The maximum Gasteiger partial charge on any atom is 0.257 e. The van der Waals surface area contributed by atoms with Crippen molar-refractivity contribution >= 4 is 5.91 Å². The summed E-state index contributed by atoms with van der Waals surface area (Å²) in [5.41, 5.74) is 0.320. The van der Waals surface area contributed by atoms with E-state index in [2.05, 4.69) is 15.0 Å². The number of amides is 1. The van der Waals surface area contributed by atoms with Crippen molar-refractivity contribution in [3.63, 3.8) is 0 Å². The highest BCUT2D eigenvalue weighted by Crippen LogP contribution is 1.94. The second-order valence-electron chi connectivity index (χ2n) is 1.75. The quantitative estimate of drug-likeness (QED) is 0.600. The minimum atomic E-state index is -0.354. The van der Waals surface area contributed by atoms with Crippen LogP contribution >= 0.6 is 0 Å². The molecular formula is C6H5N3O2. The molecule has 0 aliphatic heterocycles. The molecule has 0 unspecified atom stereocenters. The Kier molecular flexibility index (Phi) is 2.23. The van der Waals surface area contributed by atoms with Gasteiger partial charge in [0.1, 0.15) is 12.8 Å². The lowest BCUT2D eigenvalue weighted by atomic mass is 10.3. The fourth-order valence-corrected chi connectivity index (χ4v) is 0.539. The molecule has 1 aromatic heterocycles. The lowest BCUT2D eigenvalue weighted by molar-refractivity contribution is 0.0958. The van der Waals surface area contributed by atoms with Crippen molar-refractivity contribution in [2.75, 3.05) is 6.54 Å². The molecule has 0 bridgehead atoms. The van der Waals surface area contributed by atoms with Crippen molar-refractivity contribution in [1.29, 1.82) is 5.26 Å². The highest BCUT2D eigenvalue weighted by atomic mass is 16.5. The number of nitrogens with one attached hydrogen (secondary N) is 1. The number of carbonyl (C=O) groups is 1. The molecule has 1 N–H and O–H groups in total. The van der Waals surface area contributed by atoms with Gasteiger partial charge in [-0.05, 0) is 0 Å². The van der Waals surface area contributed by atoms with E-state index in [0.29, 0.717) is 5.56 Å². The third kappa shape index (κ3) is 1.79. The van der Waals surface area contributed by atoms with Crippen LogP contribution in [0, 0.1) is 11.3 Å². The van der Waals surface area contributed by atoms with Gasteiger partial charge in [0.2, 0.25) is 0 Å². The van der Waals surface area contributed by atoms with Crippen molar-refractivity contribution < 1.29 is 9.32 Å². The summed E-state index contributed by atoms with van der Waals surface area (Å²) in [4.78, 5) is 10.9. The van der Waals surface area contributed by atoms with E-state index in [-0.39, 0.29) is 12.5 Å². The van der Waals surface area contributed by atoms with E-state index in [0.717, 1.165) is 0 Å². The maximum absolute atomic E-state index is 10.9. The molecule has 0 atom stereocenters. The third-order valence-electron chi connectivity index (χ3n) is 1.02. The summed E-state index contributed by atoms with van der Waals surface area (Å²) >= 11 is 0. The van der Waals surface area contributed by atoms with Crippen LogP contribution in [-0.2, 0) is 0 Å². The van der Waals surface area contributed by atoms with E-state index in [1.54, 1.807) is 6.07 Å². The van der Waals surface area contributed by atoms with Crippen LogP contribution < -0.4 is 5.32 Å². The summed E-state index contributed by atoms with van der Waals surface area (Å²) in [6.45, 7) is -0.00991. The molecule has 0 saturated heterocycles. The molecule has 0 aliphatic rings. The first-order chi connectivity index (χ1) is 5.34. The Bertz CT molecular complexity index is 273. The zero-order valence-corrected chi connectivity index (χ0v) is 5.57. The fraction of sp³-hybridized carbons (Fsp3) is 0.167. The zero-order chi connectivity index (χ0) is 8.10. The van der Waals surface area contributed by atoms with Gasteiger partial charge < -0.3 is 9.84 Å². The second-order valence-corrected chi connectivity index (χ2v) is 1.75. The van der Waals surface area contributed by atoms with Crippen molar-refractivity contribution in [2.24, 2.45) is 0 Å². The smallest absolute Gasteiger partial charge is 0.257 e. The molecular weight excluding hydrogens is 146 g/mol. The van der Waals surface area contributed by atoms with E-state index in [1.165, 1.54) is 12.5 Å². The topological polar surface area (TPSA) is 78.9 Å². The minimum Gasteiger partial charge on any atom is -0.364 e. The first kappa shape index (κ1) is 7.28. The van der Waals surface area contributed by atoms with Crippen LogP contribution in [0.3, 0.4) is 0 Å². The van der Waals surface area contributed by atoms with Gasteiger partial charge in [0.25, 0.3) is 5.91 Å². The van der Waals surface area contributed by atoms with Crippen molar-refractivity contribution in [3.05, 3.63) is 18.0 Å². The van der Waals surface area contributed by atoms with E-state index in [4.69, 9.17) is 5.26 Å². The van der Waals surface area contributed by atoms with Crippen LogP contribution in [0.1, 0.15) is 10.4 Å². The molecule has 1 aromatic rings. The van der Waals surface area contributed by atoms with Crippen molar-refractivity contribution in [1.82, 2.24) is 10.5 Å². The summed E-state index contributed by atoms with van der Waals surface area (Å²) in [7, 11) is 0. The number of carbonyl (C=O) groups excluding carboxylic acids is 1. The van der Waals surface area contributed by atoms with Gasteiger partial charge in [-0.15, -0.1) is 0 Å². The van der Waals surface area contributed by atoms with Gasteiger partial charge >= 0.3 is 0 Å². The van der Waals surface area contributed by atoms with Crippen LogP contribution in [0.25, 0.3) is 0 Å². The molecule has 5 heteroatoms. The lowest BCUT2D eigenvalue weighted by Gasteiger charge is -1.93. The molecule has 1 rings (SSSR count). The molecule has 0 aromatic carbocycles. The van der Waals surface area contributed by atoms with Crippen LogP contribution in [0.2, 0.25) is 0 Å². The summed E-state index contributed by atoms with van der Waals surface area (Å²) in [6.07, 6.45) is 2.50. The van der Waals surface area contributed by atoms with Gasteiger partial charge in [0.05, 0.1) is 17.8 Å². The van der Waals surface area contributed by atoms with E-state index in [1.807, 2.05) is 0 Å². The second kappa shape index (κ2) is 3.37. The van der Waals surface area contributed by atoms with Crippen molar-refractivity contribution in [3.8, 4) is 6.07 Å². The van der Waals surface area contributed by atoms with E-state index < -0.39 is 0 Å². The number of nitriles is 1. The average Bonchev–Trinajstić information content (AvgIpc) is 2.52. The first-order valence-electron chi connectivity index (χ1n) is 2.89. The van der Waals surface area contributed by atoms with Crippen LogP contribution in [-0.4, -0.2) is 17.6 Å². The maximum atomic E-state index is 10.9. The number of nitrogens with zero attached hydrogens (tertiary/aromatic N) is 2. The SMILES string of the molecule is N#CCNC(=O)c1cnoc1. The molecule has 56 valence electrons. The minimum absolute atomic E-state index is 0.00991.